The Morgan fingerprint density at radius 1 is 0.724 bits per heavy atom. The lowest BCUT2D eigenvalue weighted by atomic mass is 10.1. The summed E-state index contributed by atoms with van der Waals surface area (Å²) in [6.07, 6.45) is 0. The van der Waals surface area contributed by atoms with Crippen LogP contribution in [0.25, 0.3) is 22.5 Å². The van der Waals surface area contributed by atoms with Crippen LogP contribution in [0.3, 0.4) is 0 Å². The zero-order valence-corrected chi connectivity index (χ0v) is 16.5. The van der Waals surface area contributed by atoms with E-state index in [1.807, 2.05) is 73.7 Å². The zero-order valence-electron chi connectivity index (χ0n) is 16.5. The fourth-order valence-electron chi connectivity index (χ4n) is 3.00. The molecule has 0 bridgehead atoms. The summed E-state index contributed by atoms with van der Waals surface area (Å²) < 4.78 is 0. The second kappa shape index (κ2) is 8.48. The Morgan fingerprint density at radius 3 is 1.90 bits per heavy atom. The van der Waals surface area contributed by atoms with Crippen molar-refractivity contribution in [1.29, 1.82) is 0 Å². The molecule has 0 amide bonds. The molecule has 4 rings (SSSR count). The van der Waals surface area contributed by atoms with Gasteiger partial charge in [-0.15, -0.1) is 0 Å². The van der Waals surface area contributed by atoms with E-state index >= 15 is 0 Å². The van der Waals surface area contributed by atoms with Crippen molar-refractivity contribution in [3.05, 3.63) is 102 Å². The highest BCUT2D eigenvalue weighted by molar-refractivity contribution is 5.98. The van der Waals surface area contributed by atoms with E-state index < -0.39 is 0 Å². The number of rotatable bonds is 5. The van der Waals surface area contributed by atoms with Crippen molar-refractivity contribution in [3.8, 4) is 22.5 Å². The number of hydrogen-bond donors (Lipinski definition) is 1. The lowest BCUT2D eigenvalue weighted by Crippen LogP contribution is -2.03. The molecule has 0 saturated carbocycles. The number of benzene rings is 3. The van der Waals surface area contributed by atoms with Gasteiger partial charge in [0, 0.05) is 11.1 Å². The van der Waals surface area contributed by atoms with Crippen LogP contribution in [0.2, 0.25) is 0 Å². The van der Waals surface area contributed by atoms with E-state index in [0.29, 0.717) is 5.95 Å². The fourth-order valence-corrected chi connectivity index (χ4v) is 3.00. The van der Waals surface area contributed by atoms with E-state index in [1.165, 1.54) is 5.56 Å². The van der Waals surface area contributed by atoms with Gasteiger partial charge < -0.3 is 0 Å². The third-order valence-electron chi connectivity index (χ3n) is 4.66. The minimum absolute atomic E-state index is 0.470. The van der Waals surface area contributed by atoms with Gasteiger partial charge in [-0.2, -0.15) is 5.10 Å². The van der Waals surface area contributed by atoms with Crippen molar-refractivity contribution in [1.82, 2.24) is 9.97 Å². The molecule has 1 aromatic heterocycles. The highest BCUT2D eigenvalue weighted by Crippen LogP contribution is 2.25. The van der Waals surface area contributed by atoms with Crippen LogP contribution in [0, 0.1) is 6.92 Å². The van der Waals surface area contributed by atoms with Crippen molar-refractivity contribution in [3.63, 3.8) is 0 Å². The molecule has 4 aromatic rings. The van der Waals surface area contributed by atoms with Gasteiger partial charge in [0.25, 0.3) is 0 Å². The number of hydrazone groups is 1. The molecule has 0 aliphatic rings. The van der Waals surface area contributed by atoms with Crippen molar-refractivity contribution in [2.24, 2.45) is 5.10 Å². The number of aromatic nitrogens is 2. The van der Waals surface area contributed by atoms with Gasteiger partial charge in [-0.1, -0.05) is 90.5 Å². The van der Waals surface area contributed by atoms with E-state index in [1.54, 1.807) is 0 Å². The third kappa shape index (κ3) is 4.55. The molecule has 29 heavy (non-hydrogen) atoms. The summed E-state index contributed by atoms with van der Waals surface area (Å²) in [7, 11) is 0. The maximum atomic E-state index is 4.70. The summed E-state index contributed by atoms with van der Waals surface area (Å²) in [6, 6.07) is 30.5. The van der Waals surface area contributed by atoms with Crippen LogP contribution >= 0.6 is 0 Å². The molecule has 0 atom stereocenters. The van der Waals surface area contributed by atoms with Gasteiger partial charge >= 0.3 is 0 Å². The van der Waals surface area contributed by atoms with Crippen LogP contribution < -0.4 is 5.43 Å². The summed E-state index contributed by atoms with van der Waals surface area (Å²) in [6.45, 7) is 4.04. The Bertz CT molecular complexity index is 1120. The quantitative estimate of drug-likeness (QED) is 0.344. The van der Waals surface area contributed by atoms with E-state index in [2.05, 4.69) is 46.7 Å². The Morgan fingerprint density at radius 2 is 1.28 bits per heavy atom. The highest BCUT2D eigenvalue weighted by atomic mass is 15.4. The van der Waals surface area contributed by atoms with Crippen LogP contribution in [-0.2, 0) is 0 Å². The van der Waals surface area contributed by atoms with Gasteiger partial charge in [0.2, 0.25) is 5.95 Å². The Labute approximate surface area is 171 Å². The average molecular weight is 378 g/mol. The van der Waals surface area contributed by atoms with Crippen LogP contribution in [-0.4, -0.2) is 15.7 Å². The highest BCUT2D eigenvalue weighted by Gasteiger charge is 2.09. The SMILES string of the molecule is C/C(=N\Nc1nc(-c2ccccc2)cc(-c2ccc(C)cc2)n1)c1ccccc1. The first-order valence-electron chi connectivity index (χ1n) is 9.56. The fraction of sp³-hybridized carbons (Fsp3) is 0.0800. The van der Waals surface area contributed by atoms with Crippen molar-refractivity contribution < 1.29 is 0 Å². The molecule has 0 spiro atoms. The molecule has 4 heteroatoms. The molecule has 0 saturated heterocycles. The maximum absolute atomic E-state index is 4.70. The van der Waals surface area contributed by atoms with Gasteiger partial charge in [-0.25, -0.2) is 15.4 Å². The Balaban J connectivity index is 1.72. The summed E-state index contributed by atoms with van der Waals surface area (Å²) in [5, 5.41) is 4.49. The monoisotopic (exact) mass is 378 g/mol. The summed E-state index contributed by atoms with van der Waals surface area (Å²) in [5.74, 6) is 0.470. The summed E-state index contributed by atoms with van der Waals surface area (Å²) in [5.41, 5.74) is 9.97. The minimum atomic E-state index is 0.470. The average Bonchev–Trinajstić information content (AvgIpc) is 2.79. The van der Waals surface area contributed by atoms with E-state index in [0.717, 1.165) is 33.8 Å². The topological polar surface area (TPSA) is 50.2 Å². The van der Waals surface area contributed by atoms with Gasteiger partial charge in [0.15, 0.2) is 0 Å². The van der Waals surface area contributed by atoms with Gasteiger partial charge in [0.1, 0.15) is 0 Å². The molecule has 1 heterocycles. The molecular weight excluding hydrogens is 356 g/mol. The first kappa shape index (κ1) is 18.6. The standard InChI is InChI=1S/C25H22N4/c1-18-13-15-22(16-14-18)24-17-23(21-11-7-4-8-12-21)26-25(27-24)29-28-19(2)20-9-5-3-6-10-20/h3-17H,1-2H3,(H,26,27,29)/b28-19+. The summed E-state index contributed by atoms with van der Waals surface area (Å²) in [4.78, 5) is 9.38. The zero-order chi connectivity index (χ0) is 20.1. The number of aryl methyl sites for hydroxylation is 1. The van der Waals surface area contributed by atoms with Gasteiger partial charge in [-0.3, -0.25) is 0 Å². The molecule has 4 nitrogen and oxygen atoms in total. The Hall–Kier alpha value is -3.79. The second-order valence-electron chi connectivity index (χ2n) is 6.87. The first-order chi connectivity index (χ1) is 14.2. The van der Waals surface area contributed by atoms with E-state index in [4.69, 9.17) is 4.98 Å². The third-order valence-corrected chi connectivity index (χ3v) is 4.66. The second-order valence-corrected chi connectivity index (χ2v) is 6.87. The first-order valence-corrected chi connectivity index (χ1v) is 9.56. The Kier molecular flexibility index (Phi) is 5.43. The van der Waals surface area contributed by atoms with Crippen molar-refractivity contribution in [2.45, 2.75) is 13.8 Å². The largest absolute Gasteiger partial charge is 0.245 e. The molecule has 0 unspecified atom stereocenters. The predicted molar refractivity (Wildman–Crippen MR) is 120 cm³/mol. The van der Waals surface area contributed by atoms with Crippen LogP contribution in [0.4, 0.5) is 5.95 Å². The number of hydrogen-bond acceptors (Lipinski definition) is 4. The van der Waals surface area contributed by atoms with Crippen molar-refractivity contribution in [2.75, 3.05) is 5.43 Å². The number of nitrogens with one attached hydrogen (secondary N) is 1. The predicted octanol–water partition coefficient (Wildman–Crippen LogP) is 5.96. The smallest absolute Gasteiger partial charge is 0.244 e. The number of nitrogens with zero attached hydrogens (tertiary/aromatic N) is 3. The van der Waals surface area contributed by atoms with Crippen LogP contribution in [0.5, 0.6) is 0 Å². The molecule has 0 aliphatic heterocycles. The van der Waals surface area contributed by atoms with Crippen LogP contribution in [0.15, 0.2) is 96.1 Å². The van der Waals surface area contributed by atoms with E-state index in [-0.39, 0.29) is 0 Å². The molecule has 0 radical (unpaired) electrons. The van der Waals surface area contributed by atoms with E-state index in [9.17, 15) is 0 Å². The normalized spacial score (nSPS) is 11.3. The molecule has 1 N–H and O–H groups in total. The molecular formula is C25H22N4. The molecule has 142 valence electrons. The minimum Gasteiger partial charge on any atom is -0.245 e. The van der Waals surface area contributed by atoms with Crippen molar-refractivity contribution >= 4 is 11.7 Å². The summed E-state index contributed by atoms with van der Waals surface area (Å²) >= 11 is 0. The van der Waals surface area contributed by atoms with Crippen LogP contribution in [0.1, 0.15) is 18.1 Å². The lowest BCUT2D eigenvalue weighted by molar-refractivity contribution is 1.12. The van der Waals surface area contributed by atoms with Gasteiger partial charge in [-0.05, 0) is 25.5 Å². The number of anilines is 1. The maximum Gasteiger partial charge on any atom is 0.244 e. The molecule has 0 aliphatic carbocycles. The molecule has 3 aromatic carbocycles. The van der Waals surface area contributed by atoms with Gasteiger partial charge in [0.05, 0.1) is 17.1 Å². The lowest BCUT2D eigenvalue weighted by Gasteiger charge is -2.09. The molecule has 0 fully saturated rings.